The Morgan fingerprint density at radius 2 is 1.62 bits per heavy atom. The van der Waals surface area contributed by atoms with Crippen molar-refractivity contribution in [2.24, 2.45) is 0 Å². The smallest absolute Gasteiger partial charge is 0.349 e. The van der Waals surface area contributed by atoms with E-state index in [1.807, 2.05) is 42.5 Å². The number of carbonyl (C=O) groups excluding carboxylic acids is 2. The van der Waals surface area contributed by atoms with E-state index >= 15 is 0 Å². The Kier molecular flexibility index (Phi) is 6.87. The molecular weight excluding hydrogens is 424 g/mol. The predicted octanol–water partition coefficient (Wildman–Crippen LogP) is 4.63. The van der Waals surface area contributed by atoms with Gasteiger partial charge in [0.1, 0.15) is 5.75 Å². The molecule has 0 saturated heterocycles. The number of para-hydroxylation sites is 3. The Hall–Kier alpha value is -3.58. The van der Waals surface area contributed by atoms with Gasteiger partial charge in [-0.15, -0.1) is 0 Å². The van der Waals surface area contributed by atoms with Crippen molar-refractivity contribution in [2.45, 2.75) is 18.6 Å². The fourth-order valence-corrected chi connectivity index (χ4v) is 4.04. The van der Waals surface area contributed by atoms with Crippen molar-refractivity contribution in [3.63, 3.8) is 0 Å². The largest absolute Gasteiger partial charge is 0.453 e. The van der Waals surface area contributed by atoms with Gasteiger partial charge in [0.25, 0.3) is 0 Å². The van der Waals surface area contributed by atoms with E-state index in [0.29, 0.717) is 12.3 Å². The van der Waals surface area contributed by atoms with Gasteiger partial charge in [0.15, 0.2) is 11.8 Å². The molecule has 0 unspecified atom stereocenters. The summed E-state index contributed by atoms with van der Waals surface area (Å²) in [7, 11) is 0. The lowest BCUT2D eigenvalue weighted by molar-refractivity contribution is -0.151. The fourth-order valence-electron chi connectivity index (χ4n) is 3.23. The number of hydrogen-bond acceptors (Lipinski definition) is 6. The number of carbonyl (C=O) groups is 2. The van der Waals surface area contributed by atoms with Crippen LogP contribution < -0.4 is 4.74 Å². The van der Waals surface area contributed by atoms with E-state index in [2.05, 4.69) is 28.6 Å². The molecule has 0 aliphatic rings. The lowest BCUT2D eigenvalue weighted by Gasteiger charge is -2.11. The molecule has 7 heteroatoms. The normalized spacial score (nSPS) is 10.8. The van der Waals surface area contributed by atoms with Gasteiger partial charge in [-0.2, -0.15) is 0 Å². The van der Waals surface area contributed by atoms with Crippen LogP contribution in [0.3, 0.4) is 0 Å². The van der Waals surface area contributed by atoms with Gasteiger partial charge in [0, 0.05) is 0 Å². The van der Waals surface area contributed by atoms with E-state index in [1.54, 1.807) is 24.3 Å². The highest BCUT2D eigenvalue weighted by molar-refractivity contribution is 7.99. The molecule has 4 rings (SSSR count). The molecule has 6 nitrogen and oxygen atoms in total. The first-order chi connectivity index (χ1) is 15.6. The molecule has 1 heterocycles. The zero-order valence-corrected chi connectivity index (χ0v) is 18.4. The van der Waals surface area contributed by atoms with Crippen LogP contribution in [0.2, 0.25) is 0 Å². The summed E-state index contributed by atoms with van der Waals surface area (Å²) in [6, 6.07) is 24.7. The Bertz CT molecular complexity index is 1240. The molecule has 0 radical (unpaired) electrons. The van der Waals surface area contributed by atoms with Crippen LogP contribution in [0.4, 0.5) is 0 Å². The minimum absolute atomic E-state index is 0.0374. The number of imidazole rings is 1. The number of hydrogen-bond donors (Lipinski definition) is 0. The van der Waals surface area contributed by atoms with Gasteiger partial charge in [0.05, 0.1) is 23.3 Å². The molecule has 0 fully saturated rings. The summed E-state index contributed by atoms with van der Waals surface area (Å²) in [5.41, 5.74) is 4.24. The van der Waals surface area contributed by atoms with Gasteiger partial charge >= 0.3 is 11.9 Å². The molecule has 0 saturated carbocycles. The number of benzene rings is 3. The van der Waals surface area contributed by atoms with Gasteiger partial charge in [0.2, 0.25) is 0 Å². The van der Waals surface area contributed by atoms with Gasteiger partial charge < -0.3 is 14.0 Å². The van der Waals surface area contributed by atoms with Crippen LogP contribution in [0.15, 0.2) is 84.0 Å². The molecule has 0 spiro atoms. The number of esters is 2. The molecule has 0 aliphatic carbocycles. The summed E-state index contributed by atoms with van der Waals surface area (Å²) in [6.07, 6.45) is 0. The molecule has 0 bridgehead atoms. The van der Waals surface area contributed by atoms with Gasteiger partial charge in [-0.25, -0.2) is 9.78 Å². The van der Waals surface area contributed by atoms with Crippen LogP contribution in [0.1, 0.15) is 11.1 Å². The molecule has 0 amide bonds. The molecule has 0 atom stereocenters. The van der Waals surface area contributed by atoms with Crippen LogP contribution in [-0.2, 0) is 20.9 Å². The van der Waals surface area contributed by atoms with Crippen molar-refractivity contribution in [1.29, 1.82) is 0 Å². The summed E-state index contributed by atoms with van der Waals surface area (Å²) < 4.78 is 12.3. The zero-order valence-electron chi connectivity index (χ0n) is 17.6. The number of aryl methyl sites for hydroxylation is 1. The van der Waals surface area contributed by atoms with Crippen LogP contribution in [0, 0.1) is 6.92 Å². The van der Waals surface area contributed by atoms with Gasteiger partial charge in [-0.05, 0) is 42.3 Å². The molecule has 4 aromatic rings. The summed E-state index contributed by atoms with van der Waals surface area (Å²) in [6.45, 7) is 2.29. The van der Waals surface area contributed by atoms with E-state index in [0.717, 1.165) is 16.2 Å². The van der Waals surface area contributed by atoms with Gasteiger partial charge in [-0.1, -0.05) is 66.4 Å². The summed E-state index contributed by atoms with van der Waals surface area (Å²) in [4.78, 5) is 28.8. The average molecular weight is 447 g/mol. The first-order valence-corrected chi connectivity index (χ1v) is 11.1. The maximum Gasteiger partial charge on any atom is 0.349 e. The lowest BCUT2D eigenvalue weighted by atomic mass is 10.1. The van der Waals surface area contributed by atoms with Crippen molar-refractivity contribution in [1.82, 2.24) is 9.55 Å². The molecule has 162 valence electrons. The van der Waals surface area contributed by atoms with E-state index in [4.69, 9.17) is 9.47 Å². The molecular formula is C25H22N2O4S. The second-order valence-electron chi connectivity index (χ2n) is 7.13. The van der Waals surface area contributed by atoms with Crippen molar-refractivity contribution in [2.75, 3.05) is 12.4 Å². The van der Waals surface area contributed by atoms with Crippen LogP contribution >= 0.6 is 11.8 Å². The number of nitrogens with zero attached hydrogens (tertiary/aromatic N) is 2. The van der Waals surface area contributed by atoms with Crippen molar-refractivity contribution >= 4 is 34.7 Å². The highest BCUT2D eigenvalue weighted by atomic mass is 32.2. The van der Waals surface area contributed by atoms with Crippen molar-refractivity contribution in [3.05, 3.63) is 90.0 Å². The number of ether oxygens (including phenoxy) is 2. The quantitative estimate of drug-likeness (QED) is 0.223. The maximum atomic E-state index is 12.2. The standard InChI is InChI=1S/C25H22N2O4S/c1-18-9-5-6-10-19(18)15-27-22-14-8-7-13-21(22)26-25(27)32-17-24(29)30-16-23(28)31-20-11-3-2-4-12-20/h2-14H,15-17H2,1H3. The monoisotopic (exact) mass is 446 g/mol. The topological polar surface area (TPSA) is 70.4 Å². The van der Waals surface area contributed by atoms with E-state index < -0.39 is 18.5 Å². The number of rotatable bonds is 8. The molecule has 1 aromatic heterocycles. The fraction of sp³-hybridized carbons (Fsp3) is 0.160. The Morgan fingerprint density at radius 1 is 0.906 bits per heavy atom. The van der Waals surface area contributed by atoms with Crippen LogP contribution in [-0.4, -0.2) is 33.8 Å². The number of thioether (sulfide) groups is 1. The van der Waals surface area contributed by atoms with E-state index in [-0.39, 0.29) is 5.75 Å². The Balaban J connectivity index is 1.40. The number of fused-ring (bicyclic) bond motifs is 1. The Morgan fingerprint density at radius 3 is 2.44 bits per heavy atom. The van der Waals surface area contributed by atoms with Crippen molar-refractivity contribution < 1.29 is 19.1 Å². The second kappa shape index (κ2) is 10.2. The third-order valence-electron chi connectivity index (χ3n) is 4.85. The van der Waals surface area contributed by atoms with E-state index in [9.17, 15) is 9.59 Å². The summed E-state index contributed by atoms with van der Waals surface area (Å²) >= 11 is 1.29. The first kappa shape index (κ1) is 21.6. The summed E-state index contributed by atoms with van der Waals surface area (Å²) in [5, 5.41) is 0.721. The van der Waals surface area contributed by atoms with E-state index in [1.165, 1.54) is 22.9 Å². The second-order valence-corrected chi connectivity index (χ2v) is 8.07. The number of aromatic nitrogens is 2. The van der Waals surface area contributed by atoms with Crippen LogP contribution in [0.25, 0.3) is 11.0 Å². The maximum absolute atomic E-state index is 12.2. The van der Waals surface area contributed by atoms with Gasteiger partial charge in [-0.3, -0.25) is 4.79 Å². The van der Waals surface area contributed by atoms with Crippen molar-refractivity contribution in [3.8, 4) is 5.75 Å². The molecule has 0 aliphatic heterocycles. The highest BCUT2D eigenvalue weighted by Gasteiger charge is 2.16. The lowest BCUT2D eigenvalue weighted by Crippen LogP contribution is -2.19. The van der Waals surface area contributed by atoms with Crippen LogP contribution in [0.5, 0.6) is 5.75 Å². The third kappa shape index (κ3) is 5.36. The minimum atomic E-state index is -0.624. The predicted molar refractivity (Wildman–Crippen MR) is 124 cm³/mol. The summed E-state index contributed by atoms with van der Waals surface area (Å²) in [5.74, 6) is -0.681. The highest BCUT2D eigenvalue weighted by Crippen LogP contribution is 2.26. The average Bonchev–Trinajstić information content (AvgIpc) is 3.16. The molecule has 32 heavy (non-hydrogen) atoms. The Labute approximate surface area is 190 Å². The zero-order chi connectivity index (χ0) is 22.3. The first-order valence-electron chi connectivity index (χ1n) is 10.1. The SMILES string of the molecule is Cc1ccccc1Cn1c(SCC(=O)OCC(=O)Oc2ccccc2)nc2ccccc21. The molecule has 0 N–H and O–H groups in total. The molecule has 3 aromatic carbocycles. The minimum Gasteiger partial charge on any atom is -0.453 e. The third-order valence-corrected chi connectivity index (χ3v) is 5.80.